The van der Waals surface area contributed by atoms with Gasteiger partial charge in [0.15, 0.2) is 5.82 Å². The first-order valence-electron chi connectivity index (χ1n) is 9.54. The second-order valence-corrected chi connectivity index (χ2v) is 8.54. The van der Waals surface area contributed by atoms with E-state index >= 15 is 0 Å². The third-order valence-corrected chi connectivity index (χ3v) is 6.27. The molecule has 2 aliphatic rings. The number of carbonyl (C=O) groups is 2. The lowest BCUT2D eigenvalue weighted by atomic mass is 9.95. The van der Waals surface area contributed by atoms with Crippen LogP contribution in [0.4, 0.5) is 5.82 Å². The predicted molar refractivity (Wildman–Crippen MR) is 98.6 cm³/mol. The van der Waals surface area contributed by atoms with Gasteiger partial charge in [-0.2, -0.15) is 5.10 Å². The fraction of sp³-hybridized carbons (Fsp3) is 0.737. The van der Waals surface area contributed by atoms with Crippen LogP contribution in [0, 0.1) is 17.8 Å². The molecule has 0 bridgehead atoms. The van der Waals surface area contributed by atoms with Gasteiger partial charge < -0.3 is 15.7 Å². The molecule has 2 amide bonds. The maximum absolute atomic E-state index is 12.2. The first-order valence-corrected chi connectivity index (χ1v) is 9.54. The smallest absolute Gasteiger partial charge is 0.314 e. The molecule has 1 aromatic heterocycles. The minimum atomic E-state index is -0.718. The highest BCUT2D eigenvalue weighted by atomic mass is 16.3. The summed E-state index contributed by atoms with van der Waals surface area (Å²) in [7, 11) is 0. The topological polar surface area (TPSA) is 96.2 Å². The van der Waals surface area contributed by atoms with Gasteiger partial charge in [-0.05, 0) is 31.6 Å². The number of amides is 2. The Morgan fingerprint density at radius 1 is 1.27 bits per heavy atom. The van der Waals surface area contributed by atoms with Crippen molar-refractivity contribution in [3.63, 3.8) is 0 Å². The van der Waals surface area contributed by atoms with E-state index < -0.39 is 11.8 Å². The van der Waals surface area contributed by atoms with Gasteiger partial charge in [-0.25, -0.2) is 0 Å². The van der Waals surface area contributed by atoms with Gasteiger partial charge in [0.1, 0.15) is 0 Å². The van der Waals surface area contributed by atoms with Crippen molar-refractivity contribution in [3.8, 4) is 0 Å². The van der Waals surface area contributed by atoms with E-state index in [1.165, 1.54) is 19.3 Å². The van der Waals surface area contributed by atoms with Crippen molar-refractivity contribution in [1.29, 1.82) is 0 Å². The normalized spacial score (nSPS) is 24.9. The van der Waals surface area contributed by atoms with E-state index in [-0.39, 0.29) is 17.4 Å². The van der Waals surface area contributed by atoms with Crippen LogP contribution in [0.15, 0.2) is 6.07 Å². The van der Waals surface area contributed by atoms with Gasteiger partial charge in [0.25, 0.3) is 0 Å². The number of aliphatic hydroxyl groups is 1. The molecule has 7 heteroatoms. The summed E-state index contributed by atoms with van der Waals surface area (Å²) in [5, 5.41) is 19.3. The maximum atomic E-state index is 12.2. The molecule has 2 aliphatic carbocycles. The molecule has 0 radical (unpaired) electrons. The number of nitrogens with zero attached hydrogens (tertiary/aromatic N) is 2. The van der Waals surface area contributed by atoms with Crippen LogP contribution in [0.25, 0.3) is 0 Å². The molecular formula is C19H30N4O3. The lowest BCUT2D eigenvalue weighted by Crippen LogP contribution is -2.40. The second-order valence-electron chi connectivity index (χ2n) is 8.54. The zero-order valence-electron chi connectivity index (χ0n) is 16.0. The highest BCUT2D eigenvalue weighted by molar-refractivity contribution is 6.39. The lowest BCUT2D eigenvalue weighted by molar-refractivity contribution is -0.136. The molecule has 0 aliphatic heterocycles. The van der Waals surface area contributed by atoms with Crippen molar-refractivity contribution in [2.75, 3.05) is 18.5 Å². The molecule has 1 aromatic rings. The van der Waals surface area contributed by atoms with E-state index in [4.69, 9.17) is 0 Å². The van der Waals surface area contributed by atoms with Gasteiger partial charge in [-0.15, -0.1) is 0 Å². The first kappa shape index (κ1) is 18.9. The number of aromatic nitrogens is 2. The minimum Gasteiger partial charge on any atom is -0.396 e. The Morgan fingerprint density at radius 2 is 1.92 bits per heavy atom. The molecule has 2 fully saturated rings. The van der Waals surface area contributed by atoms with Crippen molar-refractivity contribution < 1.29 is 14.7 Å². The van der Waals surface area contributed by atoms with Crippen LogP contribution in [-0.4, -0.2) is 39.9 Å². The quantitative estimate of drug-likeness (QED) is 0.699. The van der Waals surface area contributed by atoms with Crippen LogP contribution in [0.1, 0.15) is 64.1 Å². The third-order valence-electron chi connectivity index (χ3n) is 6.27. The standard InChI is InChI=1S/C19H30N4O3/c1-13-9-15(22-23(13)14-7-5-4-6-8-14)21-17(26)16(25)20-11-19(12-24)10-18(19,2)3/h9,14,24H,4-8,10-12H2,1-3H3,(H,20,25)(H,21,22,26). The molecule has 0 aromatic carbocycles. The van der Waals surface area contributed by atoms with Crippen molar-refractivity contribution in [2.45, 2.75) is 65.3 Å². The fourth-order valence-corrected chi connectivity index (χ4v) is 4.18. The van der Waals surface area contributed by atoms with Gasteiger partial charge in [0.05, 0.1) is 12.6 Å². The predicted octanol–water partition coefficient (Wildman–Crippen LogP) is 2.16. The largest absolute Gasteiger partial charge is 0.396 e. The van der Waals surface area contributed by atoms with Crippen LogP contribution >= 0.6 is 0 Å². The second kappa shape index (κ2) is 7.02. The Hall–Kier alpha value is -1.89. The van der Waals surface area contributed by atoms with Crippen molar-refractivity contribution >= 4 is 17.6 Å². The van der Waals surface area contributed by atoms with Crippen LogP contribution in [-0.2, 0) is 9.59 Å². The molecule has 0 saturated heterocycles. The average molecular weight is 362 g/mol. The van der Waals surface area contributed by atoms with Crippen LogP contribution < -0.4 is 10.6 Å². The van der Waals surface area contributed by atoms with Gasteiger partial charge in [-0.3, -0.25) is 14.3 Å². The highest BCUT2D eigenvalue weighted by Crippen LogP contribution is 2.62. The Labute approximate surface area is 154 Å². The Bertz CT molecular complexity index is 691. The van der Waals surface area contributed by atoms with Gasteiger partial charge in [0.2, 0.25) is 0 Å². The number of anilines is 1. The molecule has 3 N–H and O–H groups in total. The summed E-state index contributed by atoms with van der Waals surface area (Å²) in [5.74, 6) is -0.993. The third kappa shape index (κ3) is 3.63. The molecule has 1 unspecified atom stereocenters. The Kier molecular flexibility index (Phi) is 5.10. The van der Waals surface area contributed by atoms with E-state index in [1.807, 2.05) is 11.6 Å². The number of hydrogen-bond acceptors (Lipinski definition) is 4. The maximum Gasteiger partial charge on any atom is 0.314 e. The number of nitrogens with one attached hydrogen (secondary N) is 2. The van der Waals surface area contributed by atoms with Crippen LogP contribution in [0.5, 0.6) is 0 Å². The summed E-state index contributed by atoms with van der Waals surface area (Å²) >= 11 is 0. The first-order chi connectivity index (χ1) is 12.3. The highest BCUT2D eigenvalue weighted by Gasteiger charge is 2.60. The number of hydrogen-bond donors (Lipinski definition) is 3. The number of carbonyl (C=O) groups excluding carboxylic acids is 2. The van der Waals surface area contributed by atoms with Crippen LogP contribution in [0.2, 0.25) is 0 Å². The number of aryl methyl sites for hydroxylation is 1. The zero-order valence-corrected chi connectivity index (χ0v) is 16.0. The van der Waals surface area contributed by atoms with Gasteiger partial charge in [0, 0.05) is 23.7 Å². The Balaban J connectivity index is 1.55. The molecule has 0 spiro atoms. The molecule has 26 heavy (non-hydrogen) atoms. The Morgan fingerprint density at radius 3 is 2.50 bits per heavy atom. The van der Waals surface area contributed by atoms with Gasteiger partial charge in [-0.1, -0.05) is 33.1 Å². The van der Waals surface area contributed by atoms with Crippen molar-refractivity contribution in [3.05, 3.63) is 11.8 Å². The molecule has 144 valence electrons. The van der Waals surface area contributed by atoms with E-state index in [0.717, 1.165) is 25.0 Å². The van der Waals surface area contributed by atoms with E-state index in [1.54, 1.807) is 6.07 Å². The summed E-state index contributed by atoms with van der Waals surface area (Å²) in [6.45, 7) is 6.38. The number of aliphatic hydroxyl groups excluding tert-OH is 1. The van der Waals surface area contributed by atoms with E-state index in [2.05, 4.69) is 29.6 Å². The molecular weight excluding hydrogens is 332 g/mol. The van der Waals surface area contributed by atoms with Gasteiger partial charge >= 0.3 is 11.8 Å². The average Bonchev–Trinajstić information content (AvgIpc) is 2.98. The molecule has 7 nitrogen and oxygen atoms in total. The van der Waals surface area contributed by atoms with Crippen molar-refractivity contribution in [1.82, 2.24) is 15.1 Å². The zero-order chi connectivity index (χ0) is 18.9. The summed E-state index contributed by atoms with van der Waals surface area (Å²) in [6.07, 6.45) is 6.73. The van der Waals surface area contributed by atoms with E-state index in [9.17, 15) is 14.7 Å². The molecule has 1 heterocycles. The molecule has 2 saturated carbocycles. The fourth-order valence-electron chi connectivity index (χ4n) is 4.18. The molecule has 3 rings (SSSR count). The summed E-state index contributed by atoms with van der Waals surface area (Å²) in [5.41, 5.74) is 0.662. The summed E-state index contributed by atoms with van der Waals surface area (Å²) in [4.78, 5) is 24.3. The SMILES string of the molecule is Cc1cc(NC(=O)C(=O)NCC2(CO)CC2(C)C)nn1C1CCCCC1. The summed E-state index contributed by atoms with van der Waals surface area (Å²) < 4.78 is 1.97. The monoisotopic (exact) mass is 362 g/mol. The molecule has 1 atom stereocenters. The van der Waals surface area contributed by atoms with E-state index in [0.29, 0.717) is 18.4 Å². The number of rotatable bonds is 5. The minimum absolute atomic E-state index is 0.00683. The summed E-state index contributed by atoms with van der Waals surface area (Å²) in [6, 6.07) is 2.18. The van der Waals surface area contributed by atoms with Crippen LogP contribution in [0.3, 0.4) is 0 Å². The van der Waals surface area contributed by atoms with Crippen molar-refractivity contribution in [2.24, 2.45) is 10.8 Å². The lowest BCUT2D eigenvalue weighted by Gasteiger charge is -2.23.